The van der Waals surface area contributed by atoms with E-state index in [1.807, 2.05) is 13.1 Å². The molecule has 0 spiro atoms. The second-order valence-corrected chi connectivity index (χ2v) is 4.88. The van der Waals surface area contributed by atoms with Crippen LogP contribution >= 0.6 is 0 Å². The van der Waals surface area contributed by atoms with Gasteiger partial charge in [-0.2, -0.15) is 5.10 Å². The van der Waals surface area contributed by atoms with E-state index in [0.29, 0.717) is 0 Å². The summed E-state index contributed by atoms with van der Waals surface area (Å²) in [7, 11) is 1.94. The van der Waals surface area contributed by atoms with Crippen molar-refractivity contribution in [1.82, 2.24) is 20.5 Å². The van der Waals surface area contributed by atoms with Gasteiger partial charge >= 0.3 is 0 Å². The number of fused-ring (bicyclic) bond motifs is 1. The van der Waals surface area contributed by atoms with Gasteiger partial charge in [0.05, 0.1) is 11.4 Å². The fraction of sp³-hybridized carbons (Fsp3) is 0.267. The summed E-state index contributed by atoms with van der Waals surface area (Å²) in [6.45, 7) is 5.02. The van der Waals surface area contributed by atoms with Crippen LogP contribution in [0.15, 0.2) is 24.3 Å². The van der Waals surface area contributed by atoms with E-state index in [-0.39, 0.29) is 0 Å². The van der Waals surface area contributed by atoms with Gasteiger partial charge in [-0.25, -0.2) is 0 Å². The first kappa shape index (κ1) is 12.0. The average molecular weight is 254 g/mol. The van der Waals surface area contributed by atoms with Crippen LogP contribution in [0.2, 0.25) is 0 Å². The quantitative estimate of drug-likeness (QED) is 0.673. The largest absolute Gasteiger partial charge is 0.358 e. The Morgan fingerprint density at radius 1 is 1.21 bits per heavy atom. The van der Waals surface area contributed by atoms with Gasteiger partial charge in [0.1, 0.15) is 0 Å². The number of H-pyrrole nitrogens is 2. The van der Waals surface area contributed by atoms with Crippen molar-refractivity contribution in [2.45, 2.75) is 20.4 Å². The third-order valence-corrected chi connectivity index (χ3v) is 3.59. The highest BCUT2D eigenvalue weighted by Crippen LogP contribution is 2.33. The summed E-state index contributed by atoms with van der Waals surface area (Å²) in [5, 5.41) is 12.0. The van der Waals surface area contributed by atoms with Crippen molar-refractivity contribution in [2.24, 2.45) is 0 Å². The van der Waals surface area contributed by atoms with Crippen molar-refractivity contribution in [3.8, 4) is 11.3 Å². The van der Waals surface area contributed by atoms with Crippen molar-refractivity contribution in [3.63, 3.8) is 0 Å². The highest BCUT2D eigenvalue weighted by molar-refractivity contribution is 5.97. The number of rotatable bonds is 3. The highest BCUT2D eigenvalue weighted by atomic mass is 15.1. The van der Waals surface area contributed by atoms with Crippen LogP contribution < -0.4 is 5.32 Å². The Labute approximate surface area is 112 Å². The normalized spacial score (nSPS) is 11.3. The Morgan fingerprint density at radius 3 is 2.79 bits per heavy atom. The predicted octanol–water partition coefficient (Wildman–Crippen LogP) is 2.89. The zero-order valence-corrected chi connectivity index (χ0v) is 11.5. The van der Waals surface area contributed by atoms with Gasteiger partial charge in [0, 0.05) is 28.7 Å². The predicted molar refractivity (Wildman–Crippen MR) is 78.1 cm³/mol. The molecule has 1 aromatic carbocycles. The molecule has 0 aliphatic heterocycles. The van der Waals surface area contributed by atoms with E-state index in [9.17, 15) is 0 Å². The standard InChI is InChI=1S/C15H18N4/c1-9-13(8-16-3)18-19-15(9)14-10(2)17-12-7-5-4-6-11(12)14/h4-7,16-17H,8H2,1-3H3,(H,18,19). The lowest BCUT2D eigenvalue weighted by Crippen LogP contribution is -2.06. The second kappa shape index (κ2) is 4.55. The maximum absolute atomic E-state index is 4.50. The molecular weight excluding hydrogens is 236 g/mol. The summed E-state index contributed by atoms with van der Waals surface area (Å²) in [5.74, 6) is 0. The minimum absolute atomic E-state index is 0.806. The van der Waals surface area contributed by atoms with Crippen molar-refractivity contribution < 1.29 is 0 Å². The zero-order chi connectivity index (χ0) is 13.4. The SMILES string of the molecule is CNCc1[nH]nc(-c2c(C)[nH]c3ccccc23)c1C. The lowest BCUT2D eigenvalue weighted by Gasteiger charge is -2.00. The first-order chi connectivity index (χ1) is 9.22. The van der Waals surface area contributed by atoms with E-state index in [1.54, 1.807) is 0 Å². The minimum Gasteiger partial charge on any atom is -0.358 e. The second-order valence-electron chi connectivity index (χ2n) is 4.88. The number of nitrogens with zero attached hydrogens (tertiary/aromatic N) is 1. The molecule has 0 atom stereocenters. The molecule has 0 amide bonds. The molecule has 0 aliphatic rings. The molecule has 3 rings (SSSR count). The number of aryl methyl sites for hydroxylation is 1. The highest BCUT2D eigenvalue weighted by Gasteiger charge is 2.16. The molecular formula is C15H18N4. The summed E-state index contributed by atoms with van der Waals surface area (Å²) in [6, 6.07) is 8.35. The molecule has 0 aliphatic carbocycles. The van der Waals surface area contributed by atoms with E-state index in [1.165, 1.54) is 16.5 Å². The van der Waals surface area contributed by atoms with Crippen LogP contribution in [0.3, 0.4) is 0 Å². The van der Waals surface area contributed by atoms with Crippen LogP contribution in [0.5, 0.6) is 0 Å². The van der Waals surface area contributed by atoms with Crippen molar-refractivity contribution in [1.29, 1.82) is 0 Å². The molecule has 19 heavy (non-hydrogen) atoms. The fourth-order valence-corrected chi connectivity index (χ4v) is 2.61. The van der Waals surface area contributed by atoms with Crippen LogP contribution in [0, 0.1) is 13.8 Å². The van der Waals surface area contributed by atoms with Gasteiger partial charge in [0.25, 0.3) is 0 Å². The van der Waals surface area contributed by atoms with Gasteiger partial charge in [0.15, 0.2) is 0 Å². The summed E-state index contributed by atoms with van der Waals surface area (Å²) in [5.41, 5.74) is 6.91. The number of benzene rings is 1. The molecule has 0 saturated heterocycles. The van der Waals surface area contributed by atoms with Gasteiger partial charge < -0.3 is 10.3 Å². The van der Waals surface area contributed by atoms with Gasteiger partial charge in [-0.05, 0) is 32.5 Å². The van der Waals surface area contributed by atoms with Crippen LogP contribution in [0.25, 0.3) is 22.2 Å². The number of para-hydroxylation sites is 1. The Hall–Kier alpha value is -2.07. The molecule has 0 radical (unpaired) electrons. The Bertz CT molecular complexity index is 721. The van der Waals surface area contributed by atoms with Gasteiger partial charge in [-0.1, -0.05) is 18.2 Å². The summed E-state index contributed by atoms with van der Waals surface area (Å²) in [6.07, 6.45) is 0. The Morgan fingerprint density at radius 2 is 2.00 bits per heavy atom. The smallest absolute Gasteiger partial charge is 0.0977 e. The maximum Gasteiger partial charge on any atom is 0.0977 e. The van der Waals surface area contributed by atoms with Gasteiger partial charge in [-0.15, -0.1) is 0 Å². The first-order valence-electron chi connectivity index (χ1n) is 6.48. The lowest BCUT2D eigenvalue weighted by atomic mass is 10.0. The first-order valence-corrected chi connectivity index (χ1v) is 6.48. The molecule has 2 aromatic heterocycles. The van der Waals surface area contributed by atoms with Gasteiger partial charge in [0.2, 0.25) is 0 Å². The van der Waals surface area contributed by atoms with Gasteiger partial charge in [-0.3, -0.25) is 5.10 Å². The van der Waals surface area contributed by atoms with Crippen LogP contribution in [0.4, 0.5) is 0 Å². The number of aromatic amines is 2. The number of aromatic nitrogens is 3. The molecule has 0 saturated carbocycles. The van der Waals surface area contributed by atoms with E-state index in [4.69, 9.17) is 0 Å². The Balaban J connectivity index is 2.22. The van der Waals surface area contributed by atoms with Crippen molar-refractivity contribution in [2.75, 3.05) is 7.05 Å². The monoisotopic (exact) mass is 254 g/mol. The summed E-state index contributed by atoms with van der Waals surface area (Å²) < 4.78 is 0. The van der Waals surface area contributed by atoms with Crippen LogP contribution in [0.1, 0.15) is 17.0 Å². The van der Waals surface area contributed by atoms with Crippen molar-refractivity contribution >= 4 is 10.9 Å². The van der Waals surface area contributed by atoms with E-state index < -0.39 is 0 Å². The van der Waals surface area contributed by atoms with Crippen LogP contribution in [-0.4, -0.2) is 22.2 Å². The summed E-state index contributed by atoms with van der Waals surface area (Å²) >= 11 is 0. The van der Waals surface area contributed by atoms with E-state index in [2.05, 4.69) is 52.5 Å². The third kappa shape index (κ3) is 1.85. The topological polar surface area (TPSA) is 56.5 Å². The molecule has 3 N–H and O–H groups in total. The third-order valence-electron chi connectivity index (χ3n) is 3.59. The maximum atomic E-state index is 4.50. The molecule has 0 bridgehead atoms. The van der Waals surface area contributed by atoms with E-state index in [0.717, 1.165) is 29.1 Å². The molecule has 0 unspecified atom stereocenters. The molecule has 4 nitrogen and oxygen atoms in total. The average Bonchev–Trinajstić information content (AvgIpc) is 2.91. The molecule has 2 heterocycles. The molecule has 0 fully saturated rings. The summed E-state index contributed by atoms with van der Waals surface area (Å²) in [4.78, 5) is 3.42. The number of hydrogen-bond acceptors (Lipinski definition) is 2. The Kier molecular flexibility index (Phi) is 2.87. The lowest BCUT2D eigenvalue weighted by molar-refractivity contribution is 0.779. The number of nitrogens with one attached hydrogen (secondary N) is 3. The minimum atomic E-state index is 0.806. The fourth-order valence-electron chi connectivity index (χ4n) is 2.61. The number of hydrogen-bond donors (Lipinski definition) is 3. The zero-order valence-electron chi connectivity index (χ0n) is 11.5. The van der Waals surface area contributed by atoms with Crippen molar-refractivity contribution in [3.05, 3.63) is 41.2 Å². The molecule has 98 valence electrons. The molecule has 3 aromatic rings. The van der Waals surface area contributed by atoms with Crippen LogP contribution in [-0.2, 0) is 6.54 Å². The van der Waals surface area contributed by atoms with E-state index >= 15 is 0 Å². The molecule has 4 heteroatoms.